The highest BCUT2D eigenvalue weighted by molar-refractivity contribution is 5.00. The maximum Gasteiger partial charge on any atom is 0.157 e. The Morgan fingerprint density at radius 3 is 2.68 bits per heavy atom. The molecule has 1 aliphatic rings. The molecule has 0 aromatic carbocycles. The molecule has 1 fully saturated rings. The summed E-state index contributed by atoms with van der Waals surface area (Å²) in [6, 6.07) is 0. The van der Waals surface area contributed by atoms with Gasteiger partial charge in [-0.25, -0.2) is 0 Å². The zero-order valence-corrected chi connectivity index (χ0v) is 12.5. The van der Waals surface area contributed by atoms with Gasteiger partial charge in [-0.15, -0.1) is 0 Å². The van der Waals surface area contributed by atoms with Crippen LogP contribution >= 0.6 is 0 Å². The van der Waals surface area contributed by atoms with E-state index in [0.29, 0.717) is 0 Å². The van der Waals surface area contributed by atoms with Crippen LogP contribution in [0.2, 0.25) is 0 Å². The first-order valence-corrected chi connectivity index (χ1v) is 7.94. The van der Waals surface area contributed by atoms with Crippen LogP contribution in [0.15, 0.2) is 24.3 Å². The molecule has 0 aliphatic carbocycles. The summed E-state index contributed by atoms with van der Waals surface area (Å²) in [5, 5.41) is 0. The van der Waals surface area contributed by atoms with E-state index in [2.05, 4.69) is 24.3 Å². The van der Waals surface area contributed by atoms with E-state index in [0.717, 1.165) is 19.6 Å². The quantitative estimate of drug-likeness (QED) is 0.409. The molecule has 0 amide bonds. The molecular formula is C17H30O2. The van der Waals surface area contributed by atoms with Crippen LogP contribution in [0.25, 0.3) is 0 Å². The zero-order chi connectivity index (χ0) is 13.6. The number of hydrogen-bond acceptors (Lipinski definition) is 2. The van der Waals surface area contributed by atoms with Crippen LogP contribution in [0.3, 0.4) is 0 Å². The van der Waals surface area contributed by atoms with Crippen molar-refractivity contribution < 1.29 is 9.47 Å². The predicted octanol–water partition coefficient (Wildman–Crippen LogP) is 5.00. The number of rotatable bonds is 10. The van der Waals surface area contributed by atoms with Crippen LogP contribution in [-0.2, 0) is 9.47 Å². The lowest BCUT2D eigenvalue weighted by molar-refractivity contribution is -0.162. The fourth-order valence-corrected chi connectivity index (χ4v) is 2.24. The Hall–Kier alpha value is -0.600. The predicted molar refractivity (Wildman–Crippen MR) is 81.2 cm³/mol. The summed E-state index contributed by atoms with van der Waals surface area (Å²) in [6.07, 6.45) is 19.8. The monoisotopic (exact) mass is 266 g/mol. The van der Waals surface area contributed by atoms with Crippen LogP contribution in [0.1, 0.15) is 64.7 Å². The second-order valence-corrected chi connectivity index (χ2v) is 5.18. The molecule has 1 saturated heterocycles. The van der Waals surface area contributed by atoms with Crippen molar-refractivity contribution in [3.05, 3.63) is 24.3 Å². The molecule has 0 bridgehead atoms. The third-order valence-corrected chi connectivity index (χ3v) is 3.40. The van der Waals surface area contributed by atoms with Crippen molar-refractivity contribution >= 4 is 0 Å². The summed E-state index contributed by atoms with van der Waals surface area (Å²) in [6.45, 7) is 3.79. The Balaban J connectivity index is 1.78. The van der Waals surface area contributed by atoms with Gasteiger partial charge in [0.05, 0.1) is 0 Å². The van der Waals surface area contributed by atoms with Crippen molar-refractivity contribution in [1.29, 1.82) is 0 Å². The molecule has 110 valence electrons. The fraction of sp³-hybridized carbons (Fsp3) is 0.765. The Bertz CT molecular complexity index is 240. The van der Waals surface area contributed by atoms with Gasteiger partial charge in [0.15, 0.2) is 6.29 Å². The minimum absolute atomic E-state index is 0.0884. The highest BCUT2D eigenvalue weighted by Crippen LogP contribution is 2.14. The Morgan fingerprint density at radius 2 is 1.89 bits per heavy atom. The minimum atomic E-state index is 0.0884. The first-order chi connectivity index (χ1) is 9.43. The van der Waals surface area contributed by atoms with Crippen molar-refractivity contribution in [2.45, 2.75) is 71.0 Å². The maximum atomic E-state index is 5.71. The molecule has 1 atom stereocenters. The lowest BCUT2D eigenvalue weighted by Gasteiger charge is -2.22. The third kappa shape index (κ3) is 9.92. The lowest BCUT2D eigenvalue weighted by atomic mass is 10.1. The van der Waals surface area contributed by atoms with E-state index in [9.17, 15) is 0 Å². The molecule has 1 aliphatic heterocycles. The van der Waals surface area contributed by atoms with E-state index in [1.54, 1.807) is 0 Å². The van der Waals surface area contributed by atoms with Crippen LogP contribution in [-0.4, -0.2) is 19.5 Å². The highest BCUT2D eigenvalue weighted by Gasteiger charge is 2.12. The summed E-state index contributed by atoms with van der Waals surface area (Å²) in [5.74, 6) is 0. The summed E-state index contributed by atoms with van der Waals surface area (Å²) in [7, 11) is 0. The van der Waals surface area contributed by atoms with Gasteiger partial charge < -0.3 is 9.47 Å². The number of allylic oxidation sites excluding steroid dienone is 4. The molecule has 0 spiro atoms. The van der Waals surface area contributed by atoms with Gasteiger partial charge in [0.2, 0.25) is 0 Å². The molecule has 0 saturated carbocycles. The normalized spacial score (nSPS) is 20.6. The van der Waals surface area contributed by atoms with Crippen molar-refractivity contribution in [2.24, 2.45) is 0 Å². The summed E-state index contributed by atoms with van der Waals surface area (Å²) in [4.78, 5) is 0. The van der Waals surface area contributed by atoms with Gasteiger partial charge in [-0.1, -0.05) is 43.6 Å². The number of hydrogen-bond donors (Lipinski definition) is 0. The van der Waals surface area contributed by atoms with E-state index in [1.165, 1.54) is 51.4 Å². The van der Waals surface area contributed by atoms with Gasteiger partial charge in [-0.3, -0.25) is 0 Å². The second kappa shape index (κ2) is 12.4. The molecule has 0 aromatic rings. The first kappa shape index (κ1) is 16.5. The van der Waals surface area contributed by atoms with Gasteiger partial charge in [0.1, 0.15) is 0 Å². The zero-order valence-electron chi connectivity index (χ0n) is 12.5. The summed E-state index contributed by atoms with van der Waals surface area (Å²) < 4.78 is 11.2. The summed E-state index contributed by atoms with van der Waals surface area (Å²) in [5.41, 5.74) is 0. The van der Waals surface area contributed by atoms with E-state index in [1.807, 2.05) is 6.92 Å². The van der Waals surface area contributed by atoms with Crippen molar-refractivity contribution in [3.63, 3.8) is 0 Å². The van der Waals surface area contributed by atoms with Gasteiger partial charge in [-0.2, -0.15) is 0 Å². The summed E-state index contributed by atoms with van der Waals surface area (Å²) >= 11 is 0. The number of unbranched alkanes of at least 4 members (excludes halogenated alkanes) is 5. The highest BCUT2D eigenvalue weighted by atomic mass is 16.7. The van der Waals surface area contributed by atoms with E-state index in [4.69, 9.17) is 9.47 Å². The standard InChI is InChI=1S/C17H30O2/c1-2-3-4-5-6-7-8-9-10-12-15-18-17-14-11-13-16-19-17/h2-5,17H,6-16H2,1H3/b3-2+,5-4+/t17-/m0/s1. The molecule has 19 heavy (non-hydrogen) atoms. The molecule has 1 heterocycles. The Labute approximate surface area is 118 Å². The van der Waals surface area contributed by atoms with Gasteiger partial charge in [-0.05, 0) is 45.4 Å². The molecule has 0 N–H and O–H groups in total. The van der Waals surface area contributed by atoms with E-state index in [-0.39, 0.29) is 6.29 Å². The van der Waals surface area contributed by atoms with Gasteiger partial charge in [0, 0.05) is 13.2 Å². The lowest BCUT2D eigenvalue weighted by Crippen LogP contribution is -2.22. The molecule has 0 aromatic heterocycles. The second-order valence-electron chi connectivity index (χ2n) is 5.18. The van der Waals surface area contributed by atoms with Crippen LogP contribution in [0.4, 0.5) is 0 Å². The van der Waals surface area contributed by atoms with Crippen LogP contribution < -0.4 is 0 Å². The molecule has 2 nitrogen and oxygen atoms in total. The topological polar surface area (TPSA) is 18.5 Å². The molecule has 0 radical (unpaired) electrons. The Kier molecular flexibility index (Phi) is 10.8. The average Bonchev–Trinajstić information content (AvgIpc) is 2.46. The molecule has 2 heteroatoms. The molecule has 1 rings (SSSR count). The molecular weight excluding hydrogens is 236 g/mol. The Morgan fingerprint density at radius 1 is 1.05 bits per heavy atom. The van der Waals surface area contributed by atoms with Crippen LogP contribution in [0.5, 0.6) is 0 Å². The first-order valence-electron chi connectivity index (χ1n) is 7.94. The van der Waals surface area contributed by atoms with Crippen molar-refractivity contribution in [2.75, 3.05) is 13.2 Å². The van der Waals surface area contributed by atoms with Gasteiger partial charge in [0.25, 0.3) is 0 Å². The largest absolute Gasteiger partial charge is 0.353 e. The van der Waals surface area contributed by atoms with Crippen molar-refractivity contribution in [3.8, 4) is 0 Å². The SMILES string of the molecule is C/C=C/C=C/CCCCCCCO[C@@H]1CCCCO1. The average molecular weight is 266 g/mol. The maximum absolute atomic E-state index is 5.71. The number of ether oxygens (including phenoxy) is 2. The van der Waals surface area contributed by atoms with Crippen LogP contribution in [0, 0.1) is 0 Å². The fourth-order valence-electron chi connectivity index (χ4n) is 2.24. The van der Waals surface area contributed by atoms with E-state index >= 15 is 0 Å². The van der Waals surface area contributed by atoms with Crippen molar-refractivity contribution in [1.82, 2.24) is 0 Å². The van der Waals surface area contributed by atoms with E-state index < -0.39 is 0 Å². The minimum Gasteiger partial charge on any atom is -0.353 e. The van der Waals surface area contributed by atoms with Gasteiger partial charge >= 0.3 is 0 Å². The molecule has 0 unspecified atom stereocenters. The smallest absolute Gasteiger partial charge is 0.157 e. The third-order valence-electron chi connectivity index (χ3n) is 3.40.